The number of aryl methyl sites for hydroxylation is 1. The largest absolute Gasteiger partial charge is 0.443 e. The number of hydrogen-bond donors (Lipinski definition) is 0. The van der Waals surface area contributed by atoms with Crippen molar-refractivity contribution in [2.45, 2.75) is 63.3 Å². The van der Waals surface area contributed by atoms with Crippen molar-refractivity contribution < 1.29 is 26.7 Å². The number of ether oxygens (including phenoxy) is 1. The highest BCUT2D eigenvalue weighted by Gasteiger charge is 2.47. The van der Waals surface area contributed by atoms with Crippen molar-refractivity contribution in [3.63, 3.8) is 0 Å². The second-order valence-corrected chi connectivity index (χ2v) is 13.0. The number of alkyl halides is 2. The van der Waals surface area contributed by atoms with E-state index in [-0.39, 0.29) is 24.4 Å². The van der Waals surface area contributed by atoms with Crippen LogP contribution < -0.4 is 15.4 Å². The van der Waals surface area contributed by atoms with Gasteiger partial charge in [-0.25, -0.2) is 27.0 Å². The summed E-state index contributed by atoms with van der Waals surface area (Å²) in [6.07, 6.45) is 0.569. The highest BCUT2D eigenvalue weighted by Crippen LogP contribution is 2.46. The van der Waals surface area contributed by atoms with Gasteiger partial charge in [0.2, 0.25) is 15.0 Å². The van der Waals surface area contributed by atoms with Gasteiger partial charge in [0.05, 0.1) is 17.4 Å². The zero-order valence-electron chi connectivity index (χ0n) is 22.2. The van der Waals surface area contributed by atoms with E-state index < -0.39 is 57.1 Å². The minimum atomic E-state index is -3.81. The first-order valence-corrected chi connectivity index (χ1v) is 14.3. The molecule has 1 aromatic carbocycles. The van der Waals surface area contributed by atoms with Gasteiger partial charge >= 0.3 is 6.09 Å². The van der Waals surface area contributed by atoms with Crippen LogP contribution in [0.25, 0.3) is 11.0 Å². The van der Waals surface area contributed by atoms with Gasteiger partial charge < -0.3 is 9.64 Å². The Labute approximate surface area is 224 Å². The molecule has 1 amide bonds. The monoisotopic (exact) mass is 561 g/mol. The molecule has 1 aliphatic heterocycles. The zero-order valence-corrected chi connectivity index (χ0v) is 23.1. The van der Waals surface area contributed by atoms with Crippen molar-refractivity contribution in [1.29, 1.82) is 0 Å². The number of benzene rings is 1. The Morgan fingerprint density at radius 3 is 2.46 bits per heavy atom. The van der Waals surface area contributed by atoms with Gasteiger partial charge in [-0.2, -0.15) is 4.98 Å². The standard InChI is InChI=1S/C26H29F2N5O5S/c1-15-7-6-8-18-20(15)32(24(35)38-25(2,3)4)10-9-31(18)19-11-16-14-29-23(39(5,36)37)30-21(16)33(22(19)34)17-12-26(27,28)13-17/h6-8,11,14,17H,9-10,12-13H2,1-5H3. The summed E-state index contributed by atoms with van der Waals surface area (Å²) in [5.74, 6) is -2.93. The third kappa shape index (κ3) is 4.95. The van der Waals surface area contributed by atoms with Crippen LogP contribution in [0.15, 0.2) is 40.4 Å². The first kappa shape index (κ1) is 27.0. The van der Waals surface area contributed by atoms with E-state index in [0.717, 1.165) is 16.4 Å². The van der Waals surface area contributed by atoms with E-state index >= 15 is 0 Å². The molecular formula is C26H29F2N5O5S. The third-order valence-corrected chi connectivity index (χ3v) is 7.59. The van der Waals surface area contributed by atoms with Crippen LogP contribution in [0.5, 0.6) is 0 Å². The van der Waals surface area contributed by atoms with Gasteiger partial charge in [-0.1, -0.05) is 12.1 Å². The number of carbonyl (C=O) groups is 1. The van der Waals surface area contributed by atoms with E-state index in [0.29, 0.717) is 16.8 Å². The van der Waals surface area contributed by atoms with Crippen LogP contribution >= 0.6 is 0 Å². The molecule has 5 rings (SSSR count). The summed E-state index contributed by atoms with van der Waals surface area (Å²) >= 11 is 0. The van der Waals surface area contributed by atoms with E-state index in [1.807, 2.05) is 13.0 Å². The Morgan fingerprint density at radius 2 is 1.85 bits per heavy atom. The normalized spacial score (nSPS) is 17.6. The fourth-order valence-electron chi connectivity index (χ4n) is 5.01. The lowest BCUT2D eigenvalue weighted by molar-refractivity contribution is -0.104. The number of hydrogen-bond acceptors (Lipinski definition) is 8. The molecule has 2 aromatic heterocycles. The Balaban J connectivity index is 1.68. The molecule has 2 aliphatic rings. The number of sulfone groups is 1. The number of para-hydroxylation sites is 1. The van der Waals surface area contributed by atoms with Gasteiger partial charge in [0.25, 0.3) is 11.5 Å². The lowest BCUT2D eigenvalue weighted by atomic mass is 9.87. The second-order valence-electron chi connectivity index (χ2n) is 11.1. The Kier molecular flexibility index (Phi) is 6.20. The highest BCUT2D eigenvalue weighted by molar-refractivity contribution is 7.90. The Hall–Kier alpha value is -3.61. The summed E-state index contributed by atoms with van der Waals surface area (Å²) in [5.41, 5.74) is 0.799. The maximum atomic E-state index is 13.9. The van der Waals surface area contributed by atoms with Crippen LogP contribution in [0.2, 0.25) is 0 Å². The minimum absolute atomic E-state index is 0.0171. The molecule has 39 heavy (non-hydrogen) atoms. The molecule has 0 atom stereocenters. The van der Waals surface area contributed by atoms with Gasteiger partial charge in [0.1, 0.15) is 16.9 Å². The van der Waals surface area contributed by atoms with Crippen LogP contribution in [0.4, 0.5) is 30.6 Å². The van der Waals surface area contributed by atoms with Gasteiger partial charge in [0.15, 0.2) is 0 Å². The van der Waals surface area contributed by atoms with E-state index in [4.69, 9.17) is 4.74 Å². The minimum Gasteiger partial charge on any atom is -0.443 e. The molecule has 1 aliphatic carbocycles. The molecule has 13 heteroatoms. The summed E-state index contributed by atoms with van der Waals surface area (Å²) in [7, 11) is -3.81. The quantitative estimate of drug-likeness (QED) is 0.433. The number of fused-ring (bicyclic) bond motifs is 2. The van der Waals surface area contributed by atoms with Crippen LogP contribution in [-0.2, 0) is 14.6 Å². The Morgan fingerprint density at radius 1 is 1.15 bits per heavy atom. The zero-order chi connectivity index (χ0) is 28.5. The average molecular weight is 562 g/mol. The predicted octanol–water partition coefficient (Wildman–Crippen LogP) is 4.37. The summed E-state index contributed by atoms with van der Waals surface area (Å²) in [4.78, 5) is 38.3. The maximum Gasteiger partial charge on any atom is 0.414 e. The van der Waals surface area contributed by atoms with E-state index in [2.05, 4.69) is 9.97 Å². The van der Waals surface area contributed by atoms with Crippen LogP contribution in [0, 0.1) is 6.92 Å². The van der Waals surface area contributed by atoms with Crippen molar-refractivity contribution in [3.8, 4) is 0 Å². The molecule has 1 fully saturated rings. The lowest BCUT2D eigenvalue weighted by Gasteiger charge is -2.40. The molecule has 0 N–H and O–H groups in total. The smallest absolute Gasteiger partial charge is 0.414 e. The van der Waals surface area contributed by atoms with Crippen LogP contribution in [0.3, 0.4) is 0 Å². The van der Waals surface area contributed by atoms with Crippen molar-refractivity contribution in [2.24, 2.45) is 0 Å². The predicted molar refractivity (Wildman–Crippen MR) is 142 cm³/mol. The number of rotatable bonds is 3. The molecule has 1 saturated carbocycles. The number of carbonyl (C=O) groups excluding carboxylic acids is 1. The third-order valence-electron chi connectivity index (χ3n) is 6.73. The van der Waals surface area contributed by atoms with Gasteiger partial charge in [-0.3, -0.25) is 14.3 Å². The molecule has 0 bridgehead atoms. The number of anilines is 3. The summed E-state index contributed by atoms with van der Waals surface area (Å²) in [6.45, 7) is 7.60. The number of amides is 1. The molecular weight excluding hydrogens is 532 g/mol. The molecule has 3 heterocycles. The first-order chi connectivity index (χ1) is 18.1. The SMILES string of the molecule is Cc1cccc2c1N(C(=O)OC(C)(C)C)CCN2c1cc2cnc(S(C)(=O)=O)nc2n(C2CC(F)(F)C2)c1=O. The Bertz CT molecular complexity index is 1660. The van der Waals surface area contributed by atoms with E-state index in [1.54, 1.807) is 37.8 Å². The van der Waals surface area contributed by atoms with Crippen LogP contribution in [-0.4, -0.2) is 59.9 Å². The van der Waals surface area contributed by atoms with Gasteiger partial charge in [0, 0.05) is 43.8 Å². The molecule has 208 valence electrons. The summed E-state index contributed by atoms with van der Waals surface area (Å²) in [5, 5.41) is -0.162. The topological polar surface area (TPSA) is 115 Å². The number of pyridine rings is 1. The van der Waals surface area contributed by atoms with Crippen molar-refractivity contribution >= 4 is 44.0 Å². The van der Waals surface area contributed by atoms with Crippen molar-refractivity contribution in [3.05, 3.63) is 46.4 Å². The fraction of sp³-hybridized carbons (Fsp3) is 0.462. The summed E-state index contributed by atoms with van der Waals surface area (Å²) in [6, 6.07) is 6.08. The van der Waals surface area contributed by atoms with Crippen LogP contribution in [0.1, 0.15) is 45.2 Å². The van der Waals surface area contributed by atoms with Crippen molar-refractivity contribution in [1.82, 2.24) is 14.5 Å². The highest BCUT2D eigenvalue weighted by atomic mass is 32.2. The molecule has 0 saturated heterocycles. The maximum absolute atomic E-state index is 13.9. The molecule has 0 unspecified atom stereocenters. The number of halogens is 2. The fourth-order valence-corrected chi connectivity index (χ4v) is 5.50. The van der Waals surface area contributed by atoms with Crippen molar-refractivity contribution in [2.75, 3.05) is 29.1 Å². The number of nitrogens with zero attached hydrogens (tertiary/aromatic N) is 5. The number of aromatic nitrogens is 3. The average Bonchev–Trinajstić information content (AvgIpc) is 2.80. The lowest BCUT2D eigenvalue weighted by Crippen LogP contribution is -2.47. The molecule has 3 aromatic rings. The first-order valence-electron chi connectivity index (χ1n) is 12.4. The van der Waals surface area contributed by atoms with E-state index in [9.17, 15) is 26.8 Å². The molecule has 0 radical (unpaired) electrons. The van der Waals surface area contributed by atoms with Gasteiger partial charge in [-0.15, -0.1) is 0 Å². The molecule has 0 spiro atoms. The second kappa shape index (κ2) is 8.97. The van der Waals surface area contributed by atoms with E-state index in [1.165, 1.54) is 17.2 Å². The van der Waals surface area contributed by atoms with Gasteiger partial charge in [-0.05, 0) is 45.4 Å². The summed E-state index contributed by atoms with van der Waals surface area (Å²) < 4.78 is 58.8. The molecule has 10 nitrogen and oxygen atoms in total.